The molecule has 2 saturated heterocycles. The highest BCUT2D eigenvalue weighted by molar-refractivity contribution is 7.86. The standard InChI is InChI=1S/C12H11NO2.C10H12O4S.C9H7NO/c1-4-11-10(3-2-6-13-11)12(5-1)15-8-9-7-14-9;1-8-2-4-10(5-3-8)15(11,12)14-7-9-6-13-9;11-9-5-1-4-8-7(9)3-2-6-10-8/h1-6,9H,7-8H2;2-5,9H,6-7H2,1H3;1-6,11H. The van der Waals surface area contributed by atoms with Gasteiger partial charge in [-0.1, -0.05) is 29.8 Å². The van der Waals surface area contributed by atoms with Crippen molar-refractivity contribution in [2.45, 2.75) is 24.0 Å². The first kappa shape index (κ1) is 28.4. The van der Waals surface area contributed by atoms with Gasteiger partial charge in [0.15, 0.2) is 0 Å². The zero-order chi connectivity index (χ0) is 28.7. The van der Waals surface area contributed by atoms with Crippen LogP contribution in [0.5, 0.6) is 11.5 Å². The van der Waals surface area contributed by atoms with E-state index in [2.05, 4.69) is 9.97 Å². The Hall–Kier alpha value is -4.09. The fourth-order valence-corrected chi connectivity index (χ4v) is 4.67. The Morgan fingerprint density at radius 1 is 0.780 bits per heavy atom. The van der Waals surface area contributed by atoms with Gasteiger partial charge in [-0.15, -0.1) is 0 Å². The van der Waals surface area contributed by atoms with Crippen molar-refractivity contribution in [3.63, 3.8) is 0 Å². The van der Waals surface area contributed by atoms with Gasteiger partial charge in [0.05, 0.1) is 35.7 Å². The number of fused-ring (bicyclic) bond motifs is 2. The van der Waals surface area contributed by atoms with Crippen molar-refractivity contribution in [2.75, 3.05) is 26.4 Å². The lowest BCUT2D eigenvalue weighted by molar-refractivity contribution is 0.265. The molecule has 2 aliphatic rings. The van der Waals surface area contributed by atoms with Crippen molar-refractivity contribution < 1.29 is 31.9 Å². The van der Waals surface area contributed by atoms with E-state index >= 15 is 0 Å². The first-order chi connectivity index (χ1) is 19.9. The molecule has 9 nitrogen and oxygen atoms in total. The summed E-state index contributed by atoms with van der Waals surface area (Å²) in [6, 6.07) is 25.4. The monoisotopic (exact) mass is 574 g/mol. The van der Waals surface area contributed by atoms with Crippen LogP contribution in [0.1, 0.15) is 5.56 Å². The smallest absolute Gasteiger partial charge is 0.297 e. The van der Waals surface area contributed by atoms with Crippen molar-refractivity contribution in [3.05, 3.63) is 103 Å². The minimum absolute atomic E-state index is 0.0507. The topological polar surface area (TPSA) is 124 Å². The van der Waals surface area contributed by atoms with Gasteiger partial charge >= 0.3 is 0 Å². The molecule has 7 rings (SSSR count). The Morgan fingerprint density at radius 2 is 1.37 bits per heavy atom. The maximum Gasteiger partial charge on any atom is 0.297 e. The third-order valence-corrected chi connectivity index (χ3v) is 7.47. The molecule has 0 aliphatic carbocycles. The van der Waals surface area contributed by atoms with Gasteiger partial charge in [0.2, 0.25) is 0 Å². The fourth-order valence-electron chi connectivity index (χ4n) is 3.74. The molecule has 2 atom stereocenters. The average Bonchev–Trinajstić information content (AvgIpc) is 3.92. The maximum absolute atomic E-state index is 11.6. The Morgan fingerprint density at radius 3 is 2.00 bits per heavy atom. The molecule has 0 bridgehead atoms. The molecule has 212 valence electrons. The summed E-state index contributed by atoms with van der Waals surface area (Å²) in [5.41, 5.74) is 2.80. The van der Waals surface area contributed by atoms with Gasteiger partial charge in [0.25, 0.3) is 10.1 Å². The van der Waals surface area contributed by atoms with Gasteiger partial charge in [-0.25, -0.2) is 0 Å². The number of ether oxygens (including phenoxy) is 3. The van der Waals surface area contributed by atoms with Gasteiger partial charge in [0.1, 0.15) is 30.3 Å². The first-order valence-corrected chi connectivity index (χ1v) is 14.5. The predicted octanol–water partition coefficient (Wildman–Crippen LogP) is 5.05. The van der Waals surface area contributed by atoms with Crippen LogP contribution in [0.2, 0.25) is 0 Å². The van der Waals surface area contributed by atoms with Crippen LogP contribution in [0.3, 0.4) is 0 Å². The second kappa shape index (κ2) is 13.0. The van der Waals surface area contributed by atoms with Crippen LogP contribution in [0, 0.1) is 6.92 Å². The summed E-state index contributed by atoms with van der Waals surface area (Å²) < 4.78 is 43.7. The number of phenols is 1. The number of aromatic hydroxyl groups is 1. The number of rotatable bonds is 7. The number of hydrogen-bond donors (Lipinski definition) is 1. The summed E-state index contributed by atoms with van der Waals surface area (Å²) in [4.78, 5) is 8.54. The van der Waals surface area contributed by atoms with E-state index in [1.807, 2.05) is 55.5 Å². The summed E-state index contributed by atoms with van der Waals surface area (Å²) >= 11 is 0. The molecule has 0 saturated carbocycles. The molecule has 2 fully saturated rings. The third kappa shape index (κ3) is 8.21. The molecule has 4 heterocycles. The van der Waals surface area contributed by atoms with Gasteiger partial charge < -0.3 is 19.3 Å². The van der Waals surface area contributed by atoms with E-state index in [4.69, 9.17) is 18.4 Å². The van der Waals surface area contributed by atoms with Crippen molar-refractivity contribution in [3.8, 4) is 11.5 Å². The Bertz CT molecular complexity index is 1690. The molecule has 0 amide bonds. The number of aromatic nitrogens is 2. The molecule has 5 aromatic rings. The number of nitrogens with zero attached hydrogens (tertiary/aromatic N) is 2. The van der Waals surface area contributed by atoms with E-state index in [1.54, 1.807) is 48.8 Å². The predicted molar refractivity (Wildman–Crippen MR) is 154 cm³/mol. The summed E-state index contributed by atoms with van der Waals surface area (Å²) in [7, 11) is -3.61. The highest BCUT2D eigenvalue weighted by atomic mass is 32.2. The molecule has 2 aliphatic heterocycles. The summed E-state index contributed by atoms with van der Waals surface area (Å²) in [6.07, 6.45) is 3.74. The van der Waals surface area contributed by atoms with Crippen LogP contribution in [0.25, 0.3) is 21.8 Å². The van der Waals surface area contributed by atoms with E-state index in [9.17, 15) is 13.5 Å². The van der Waals surface area contributed by atoms with Crippen LogP contribution < -0.4 is 4.74 Å². The van der Waals surface area contributed by atoms with Crippen molar-refractivity contribution in [1.82, 2.24) is 9.97 Å². The van der Waals surface area contributed by atoms with Crippen LogP contribution in [0.15, 0.2) is 102 Å². The number of phenolic OH excluding ortho intramolecular Hbond substituents is 1. The molecule has 3 aromatic carbocycles. The number of epoxide rings is 2. The third-order valence-electron chi connectivity index (χ3n) is 6.18. The second-order valence-electron chi connectivity index (χ2n) is 9.45. The zero-order valence-corrected chi connectivity index (χ0v) is 23.2. The SMILES string of the molecule is Cc1ccc(S(=O)(=O)OCC2CO2)cc1.Oc1cccc2ncccc12.c1cc(OCC2CO2)c2cccnc2c1. The van der Waals surface area contributed by atoms with Gasteiger partial charge in [0, 0.05) is 23.2 Å². The van der Waals surface area contributed by atoms with Crippen LogP contribution >= 0.6 is 0 Å². The van der Waals surface area contributed by atoms with E-state index in [-0.39, 0.29) is 29.5 Å². The quantitative estimate of drug-likeness (QED) is 0.210. The van der Waals surface area contributed by atoms with Gasteiger partial charge in [-0.3, -0.25) is 14.2 Å². The molecule has 1 N–H and O–H groups in total. The molecule has 10 heteroatoms. The van der Waals surface area contributed by atoms with E-state index in [1.165, 1.54) is 0 Å². The summed E-state index contributed by atoms with van der Waals surface area (Å²) in [5.74, 6) is 1.17. The lowest BCUT2D eigenvalue weighted by atomic mass is 10.2. The largest absolute Gasteiger partial charge is 0.507 e. The summed E-state index contributed by atoms with van der Waals surface area (Å²) in [5, 5.41) is 11.2. The summed E-state index contributed by atoms with van der Waals surface area (Å²) in [6.45, 7) is 4.05. The van der Waals surface area contributed by atoms with Crippen molar-refractivity contribution in [2.24, 2.45) is 0 Å². The lowest BCUT2D eigenvalue weighted by Crippen LogP contribution is -2.10. The highest BCUT2D eigenvalue weighted by Crippen LogP contribution is 2.25. The minimum atomic E-state index is -3.61. The molecule has 0 spiro atoms. The second-order valence-corrected chi connectivity index (χ2v) is 11.1. The molecular weight excluding hydrogens is 544 g/mol. The molecule has 2 aromatic heterocycles. The first-order valence-electron chi connectivity index (χ1n) is 13.1. The van der Waals surface area contributed by atoms with Crippen LogP contribution in [-0.2, 0) is 23.8 Å². The number of hydrogen-bond acceptors (Lipinski definition) is 9. The van der Waals surface area contributed by atoms with Crippen LogP contribution in [-0.4, -0.2) is 62.1 Å². The highest BCUT2D eigenvalue weighted by Gasteiger charge is 2.26. The van der Waals surface area contributed by atoms with Gasteiger partial charge in [-0.2, -0.15) is 8.42 Å². The lowest BCUT2D eigenvalue weighted by Gasteiger charge is -2.06. The molecule has 0 radical (unpaired) electrons. The van der Waals surface area contributed by atoms with Crippen LogP contribution in [0.4, 0.5) is 0 Å². The number of benzene rings is 3. The number of pyridine rings is 2. The normalized spacial score (nSPS) is 17.1. The zero-order valence-electron chi connectivity index (χ0n) is 22.4. The number of aryl methyl sites for hydroxylation is 1. The fraction of sp³-hybridized carbons (Fsp3) is 0.226. The van der Waals surface area contributed by atoms with Crippen molar-refractivity contribution in [1.29, 1.82) is 0 Å². The molecule has 41 heavy (non-hydrogen) atoms. The average molecular weight is 575 g/mol. The van der Waals surface area contributed by atoms with Crippen molar-refractivity contribution >= 4 is 31.9 Å². The van der Waals surface area contributed by atoms with E-state index in [0.717, 1.165) is 39.7 Å². The minimum Gasteiger partial charge on any atom is -0.507 e. The van der Waals surface area contributed by atoms with E-state index < -0.39 is 10.1 Å². The van der Waals surface area contributed by atoms with E-state index in [0.29, 0.717) is 13.2 Å². The Labute approximate surface area is 238 Å². The molecular formula is C31H30N2O7S. The maximum atomic E-state index is 11.6. The molecule has 2 unspecified atom stereocenters. The Kier molecular flexibility index (Phi) is 9.05. The Balaban J connectivity index is 0.000000125. The van der Waals surface area contributed by atoms with Gasteiger partial charge in [-0.05, 0) is 67.6 Å².